The molecule has 0 heterocycles. The molecule has 2 aromatic carbocycles. The minimum Gasteiger partial charge on any atom is -0.493 e. The van der Waals surface area contributed by atoms with Crippen molar-refractivity contribution in [2.75, 3.05) is 19.5 Å². The fourth-order valence-electron chi connectivity index (χ4n) is 3.78. The molecule has 3 rings (SSSR count). The number of methoxy groups -OCH3 is 2. The van der Waals surface area contributed by atoms with Gasteiger partial charge in [-0.15, -0.1) is 0 Å². The van der Waals surface area contributed by atoms with Gasteiger partial charge in [0.05, 0.1) is 25.2 Å². The van der Waals surface area contributed by atoms with Crippen molar-refractivity contribution >= 4 is 11.6 Å². The monoisotopic (exact) mass is 393 g/mol. The standard InChI is InChI=1S/C21H22F3NO3/c1-27-17-9-8-14(13-18(17)28-2)20(10-3-4-11-20)19(26)25-16-7-5-6-15(12-16)21(22,23)24/h5-9,12-13H,3-4,10-11H2,1-2H3,(H,25,26). The van der Waals surface area contributed by atoms with E-state index in [1.54, 1.807) is 12.1 Å². The van der Waals surface area contributed by atoms with Crippen LogP contribution in [-0.4, -0.2) is 20.1 Å². The molecule has 1 aliphatic rings. The first-order valence-electron chi connectivity index (χ1n) is 9.01. The summed E-state index contributed by atoms with van der Waals surface area (Å²) in [6.45, 7) is 0. The van der Waals surface area contributed by atoms with Crippen LogP contribution in [-0.2, 0) is 16.4 Å². The van der Waals surface area contributed by atoms with Gasteiger partial charge in [-0.3, -0.25) is 4.79 Å². The third-order valence-corrected chi connectivity index (χ3v) is 5.28. The molecule has 150 valence electrons. The quantitative estimate of drug-likeness (QED) is 0.762. The summed E-state index contributed by atoms with van der Waals surface area (Å²) < 4.78 is 49.5. The number of carbonyl (C=O) groups is 1. The van der Waals surface area contributed by atoms with Crippen LogP contribution in [0, 0.1) is 0 Å². The van der Waals surface area contributed by atoms with E-state index in [1.165, 1.54) is 26.4 Å². The van der Waals surface area contributed by atoms with Crippen molar-refractivity contribution in [2.24, 2.45) is 0 Å². The van der Waals surface area contributed by atoms with E-state index in [4.69, 9.17) is 9.47 Å². The van der Waals surface area contributed by atoms with E-state index in [9.17, 15) is 18.0 Å². The molecule has 1 N–H and O–H groups in total. The number of hydrogen-bond donors (Lipinski definition) is 1. The Bertz CT molecular complexity index is 858. The number of carbonyl (C=O) groups excluding carboxylic acids is 1. The van der Waals surface area contributed by atoms with Crippen LogP contribution in [0.5, 0.6) is 11.5 Å². The van der Waals surface area contributed by atoms with Crippen molar-refractivity contribution in [3.8, 4) is 11.5 Å². The fourth-order valence-corrected chi connectivity index (χ4v) is 3.78. The average Bonchev–Trinajstić information content (AvgIpc) is 3.18. The van der Waals surface area contributed by atoms with Crippen LogP contribution in [0.2, 0.25) is 0 Å². The van der Waals surface area contributed by atoms with Gasteiger partial charge in [-0.05, 0) is 48.7 Å². The van der Waals surface area contributed by atoms with Gasteiger partial charge in [-0.2, -0.15) is 13.2 Å². The molecular weight excluding hydrogens is 371 g/mol. The van der Waals surface area contributed by atoms with Crippen LogP contribution in [0.4, 0.5) is 18.9 Å². The van der Waals surface area contributed by atoms with E-state index in [2.05, 4.69) is 5.32 Å². The summed E-state index contributed by atoms with van der Waals surface area (Å²) in [6.07, 6.45) is -1.50. The third kappa shape index (κ3) is 3.79. The Morgan fingerprint density at radius 3 is 2.29 bits per heavy atom. The number of rotatable bonds is 5. The van der Waals surface area contributed by atoms with Crippen LogP contribution < -0.4 is 14.8 Å². The van der Waals surface area contributed by atoms with Crippen molar-refractivity contribution in [2.45, 2.75) is 37.3 Å². The lowest BCUT2D eigenvalue weighted by atomic mass is 9.77. The van der Waals surface area contributed by atoms with Gasteiger partial charge in [-0.25, -0.2) is 0 Å². The Kier molecular flexibility index (Phi) is 5.54. The molecule has 0 radical (unpaired) electrons. The molecular formula is C21H22F3NO3. The number of ether oxygens (including phenoxy) is 2. The zero-order valence-electron chi connectivity index (χ0n) is 15.7. The second-order valence-electron chi connectivity index (χ2n) is 6.89. The molecule has 0 unspecified atom stereocenters. The molecule has 0 atom stereocenters. The number of halogens is 3. The molecule has 1 aliphatic carbocycles. The van der Waals surface area contributed by atoms with E-state index < -0.39 is 17.2 Å². The number of anilines is 1. The van der Waals surface area contributed by atoms with Crippen LogP contribution in [0.1, 0.15) is 36.8 Å². The van der Waals surface area contributed by atoms with Gasteiger partial charge in [-0.1, -0.05) is 25.0 Å². The highest BCUT2D eigenvalue weighted by atomic mass is 19.4. The summed E-state index contributed by atoms with van der Waals surface area (Å²) in [7, 11) is 3.05. The van der Waals surface area contributed by atoms with E-state index >= 15 is 0 Å². The van der Waals surface area contributed by atoms with Crippen molar-refractivity contribution in [1.82, 2.24) is 0 Å². The molecule has 1 amide bonds. The molecule has 0 bridgehead atoms. The van der Waals surface area contributed by atoms with Gasteiger partial charge in [0.25, 0.3) is 0 Å². The van der Waals surface area contributed by atoms with E-state index in [-0.39, 0.29) is 11.6 Å². The SMILES string of the molecule is COc1ccc(C2(C(=O)Nc3cccc(C(F)(F)F)c3)CCCC2)cc1OC. The van der Waals surface area contributed by atoms with Gasteiger partial charge in [0.1, 0.15) is 0 Å². The summed E-state index contributed by atoms with van der Waals surface area (Å²) in [4.78, 5) is 13.2. The van der Waals surface area contributed by atoms with Gasteiger partial charge in [0.15, 0.2) is 11.5 Å². The van der Waals surface area contributed by atoms with Crippen LogP contribution >= 0.6 is 0 Å². The van der Waals surface area contributed by atoms with E-state index in [0.29, 0.717) is 24.3 Å². The molecule has 28 heavy (non-hydrogen) atoms. The van der Waals surface area contributed by atoms with Crippen molar-refractivity contribution in [3.05, 3.63) is 53.6 Å². The first kappa shape index (κ1) is 20.0. The van der Waals surface area contributed by atoms with Crippen molar-refractivity contribution < 1.29 is 27.4 Å². The molecule has 0 aromatic heterocycles. The fraction of sp³-hybridized carbons (Fsp3) is 0.381. The summed E-state index contributed by atoms with van der Waals surface area (Å²) in [5, 5.41) is 2.69. The largest absolute Gasteiger partial charge is 0.493 e. The summed E-state index contributed by atoms with van der Waals surface area (Å²) in [6, 6.07) is 10.0. The minimum atomic E-state index is -4.46. The number of benzene rings is 2. The maximum absolute atomic E-state index is 13.2. The van der Waals surface area contributed by atoms with E-state index in [0.717, 1.165) is 30.5 Å². The van der Waals surface area contributed by atoms with Crippen LogP contribution in [0.25, 0.3) is 0 Å². The molecule has 2 aromatic rings. The highest BCUT2D eigenvalue weighted by molar-refractivity contribution is 5.99. The summed E-state index contributed by atoms with van der Waals surface area (Å²) in [5.74, 6) is 0.757. The predicted molar refractivity (Wildman–Crippen MR) is 99.8 cm³/mol. The van der Waals surface area contributed by atoms with Gasteiger partial charge >= 0.3 is 6.18 Å². The average molecular weight is 393 g/mol. The highest BCUT2D eigenvalue weighted by Crippen LogP contribution is 2.44. The number of amides is 1. The Morgan fingerprint density at radius 1 is 1.00 bits per heavy atom. The maximum atomic E-state index is 13.2. The number of alkyl halides is 3. The summed E-state index contributed by atoms with van der Waals surface area (Å²) >= 11 is 0. The lowest BCUT2D eigenvalue weighted by Crippen LogP contribution is -2.38. The number of nitrogens with one attached hydrogen (secondary N) is 1. The maximum Gasteiger partial charge on any atom is 0.416 e. The molecule has 4 nitrogen and oxygen atoms in total. The molecule has 0 spiro atoms. The van der Waals surface area contributed by atoms with Gasteiger partial charge in [0, 0.05) is 5.69 Å². The normalized spacial score (nSPS) is 15.9. The Hall–Kier alpha value is -2.70. The minimum absolute atomic E-state index is 0.131. The molecule has 0 saturated heterocycles. The second-order valence-corrected chi connectivity index (χ2v) is 6.89. The van der Waals surface area contributed by atoms with Crippen LogP contribution in [0.15, 0.2) is 42.5 Å². The second kappa shape index (κ2) is 7.73. The molecule has 7 heteroatoms. The van der Waals surface area contributed by atoms with Crippen molar-refractivity contribution in [3.63, 3.8) is 0 Å². The molecule has 1 saturated carbocycles. The smallest absolute Gasteiger partial charge is 0.416 e. The zero-order chi connectivity index (χ0) is 20.4. The Balaban J connectivity index is 1.93. The third-order valence-electron chi connectivity index (χ3n) is 5.28. The first-order valence-corrected chi connectivity index (χ1v) is 9.01. The molecule has 0 aliphatic heterocycles. The number of hydrogen-bond acceptors (Lipinski definition) is 3. The summed E-state index contributed by atoms with van der Waals surface area (Å²) in [5.41, 5.74) is -0.705. The highest BCUT2D eigenvalue weighted by Gasteiger charge is 2.43. The molecule has 1 fully saturated rings. The van der Waals surface area contributed by atoms with Gasteiger partial charge < -0.3 is 14.8 Å². The lowest BCUT2D eigenvalue weighted by molar-refractivity contribution is -0.137. The predicted octanol–water partition coefficient (Wildman–Crippen LogP) is 5.17. The lowest BCUT2D eigenvalue weighted by Gasteiger charge is -2.29. The Labute approximate surface area is 161 Å². The van der Waals surface area contributed by atoms with Crippen molar-refractivity contribution in [1.29, 1.82) is 0 Å². The van der Waals surface area contributed by atoms with Crippen LogP contribution in [0.3, 0.4) is 0 Å². The topological polar surface area (TPSA) is 47.6 Å². The van der Waals surface area contributed by atoms with Gasteiger partial charge in [0.2, 0.25) is 5.91 Å². The van der Waals surface area contributed by atoms with E-state index in [1.807, 2.05) is 6.07 Å². The first-order chi connectivity index (χ1) is 13.3. The Morgan fingerprint density at radius 2 is 1.68 bits per heavy atom. The zero-order valence-corrected chi connectivity index (χ0v) is 15.7.